The highest BCUT2D eigenvalue weighted by Crippen LogP contribution is 1.93. The van der Waals surface area contributed by atoms with Gasteiger partial charge in [0.05, 0.1) is 12.6 Å². The van der Waals surface area contributed by atoms with Crippen LogP contribution in [0.15, 0.2) is 15.8 Å². The van der Waals surface area contributed by atoms with Gasteiger partial charge < -0.3 is 5.11 Å². The van der Waals surface area contributed by atoms with Crippen molar-refractivity contribution < 1.29 is 5.11 Å². The summed E-state index contributed by atoms with van der Waals surface area (Å²) >= 11 is 0. The summed E-state index contributed by atoms with van der Waals surface area (Å²) in [7, 11) is 0. The molecule has 0 aromatic carbocycles. The minimum atomic E-state index is -0.557. The van der Waals surface area contributed by atoms with Gasteiger partial charge in [0.2, 0.25) is 0 Å². The summed E-state index contributed by atoms with van der Waals surface area (Å²) in [6.45, 7) is 3.66. The number of H-pyrrole nitrogens is 1. The molecule has 5 heteroatoms. The Morgan fingerprint density at radius 2 is 2.21 bits per heavy atom. The van der Waals surface area contributed by atoms with Gasteiger partial charge in [-0.25, -0.2) is 4.79 Å². The highest BCUT2D eigenvalue weighted by Gasteiger charge is 2.05. The van der Waals surface area contributed by atoms with Gasteiger partial charge in [-0.05, 0) is 13.3 Å². The van der Waals surface area contributed by atoms with Crippen molar-refractivity contribution >= 4 is 0 Å². The predicted octanol–water partition coefficient (Wildman–Crippen LogP) is -0.384. The van der Waals surface area contributed by atoms with E-state index in [9.17, 15) is 14.7 Å². The molecule has 0 amide bonds. The van der Waals surface area contributed by atoms with Gasteiger partial charge in [0, 0.05) is 11.8 Å². The molecule has 2 N–H and O–H groups in total. The molecule has 78 valence electrons. The minimum Gasteiger partial charge on any atom is -0.391 e. The third-order valence-electron chi connectivity index (χ3n) is 2.07. The van der Waals surface area contributed by atoms with Crippen molar-refractivity contribution in [2.45, 2.75) is 32.9 Å². The molecule has 0 radical (unpaired) electrons. The summed E-state index contributed by atoms with van der Waals surface area (Å²) in [4.78, 5) is 24.4. The van der Waals surface area contributed by atoms with Gasteiger partial charge in [0.1, 0.15) is 0 Å². The molecule has 0 unspecified atom stereocenters. The third kappa shape index (κ3) is 2.32. The van der Waals surface area contributed by atoms with E-state index in [-0.39, 0.29) is 12.1 Å². The highest BCUT2D eigenvalue weighted by atomic mass is 16.3. The Hall–Kier alpha value is -1.36. The fourth-order valence-electron chi connectivity index (χ4n) is 1.11. The van der Waals surface area contributed by atoms with Crippen LogP contribution in [0.4, 0.5) is 0 Å². The molecule has 0 saturated carbocycles. The Bertz CT molecular complexity index is 419. The molecular formula is C9H14N2O3. The average molecular weight is 198 g/mol. The number of hydrogen-bond donors (Lipinski definition) is 2. The largest absolute Gasteiger partial charge is 0.391 e. The normalized spacial score (nSPS) is 12.8. The first-order valence-electron chi connectivity index (χ1n) is 4.53. The van der Waals surface area contributed by atoms with Crippen LogP contribution < -0.4 is 11.2 Å². The molecule has 1 aromatic heterocycles. The third-order valence-corrected chi connectivity index (χ3v) is 2.07. The average Bonchev–Trinajstić information content (AvgIpc) is 2.14. The second-order valence-corrected chi connectivity index (χ2v) is 3.29. The molecule has 5 nitrogen and oxygen atoms in total. The maximum atomic E-state index is 11.2. The zero-order chi connectivity index (χ0) is 10.7. The fourth-order valence-corrected chi connectivity index (χ4v) is 1.11. The number of nitrogens with zero attached hydrogens (tertiary/aromatic N) is 1. The maximum Gasteiger partial charge on any atom is 0.328 e. The molecule has 0 bridgehead atoms. The van der Waals surface area contributed by atoms with E-state index in [0.29, 0.717) is 12.0 Å². The first-order chi connectivity index (χ1) is 6.54. The number of aromatic amines is 1. The number of hydrogen-bond acceptors (Lipinski definition) is 3. The summed E-state index contributed by atoms with van der Waals surface area (Å²) < 4.78 is 1.31. The van der Waals surface area contributed by atoms with Gasteiger partial charge in [-0.2, -0.15) is 0 Å². The van der Waals surface area contributed by atoms with Gasteiger partial charge in [0.25, 0.3) is 5.56 Å². The number of rotatable bonds is 3. The van der Waals surface area contributed by atoms with Crippen LogP contribution in [0.25, 0.3) is 0 Å². The van der Waals surface area contributed by atoms with Gasteiger partial charge in [-0.3, -0.25) is 14.3 Å². The smallest absolute Gasteiger partial charge is 0.328 e. The van der Waals surface area contributed by atoms with Gasteiger partial charge in [0.15, 0.2) is 0 Å². The number of aliphatic hydroxyl groups excluding tert-OH is 1. The standard InChI is InChI=1S/C9H14N2O3/c1-3-7(12)5-11-4-6(2)8(13)10-9(11)14/h4,7,12H,3,5H2,1-2H3,(H,10,13,14)/t7-/m0/s1. The quantitative estimate of drug-likeness (QED) is 0.695. The summed E-state index contributed by atoms with van der Waals surface area (Å²) in [5.41, 5.74) is -0.391. The molecule has 0 aliphatic rings. The van der Waals surface area contributed by atoms with Crippen LogP contribution in [0.2, 0.25) is 0 Å². The van der Waals surface area contributed by atoms with E-state index in [2.05, 4.69) is 4.98 Å². The van der Waals surface area contributed by atoms with Crippen LogP contribution in [-0.2, 0) is 6.54 Å². The van der Waals surface area contributed by atoms with E-state index in [1.165, 1.54) is 10.8 Å². The summed E-state index contributed by atoms with van der Waals surface area (Å²) in [5, 5.41) is 9.34. The number of aromatic nitrogens is 2. The van der Waals surface area contributed by atoms with Crippen LogP contribution in [0, 0.1) is 6.92 Å². The van der Waals surface area contributed by atoms with Crippen LogP contribution >= 0.6 is 0 Å². The van der Waals surface area contributed by atoms with Crippen molar-refractivity contribution in [3.8, 4) is 0 Å². The Balaban J connectivity index is 3.04. The molecule has 1 atom stereocenters. The summed E-state index contributed by atoms with van der Waals surface area (Å²) in [6, 6.07) is 0. The minimum absolute atomic E-state index is 0.215. The summed E-state index contributed by atoms with van der Waals surface area (Å²) in [6.07, 6.45) is 1.47. The number of aryl methyl sites for hydroxylation is 1. The fraction of sp³-hybridized carbons (Fsp3) is 0.556. The molecule has 0 saturated heterocycles. The second-order valence-electron chi connectivity index (χ2n) is 3.29. The zero-order valence-electron chi connectivity index (χ0n) is 8.28. The summed E-state index contributed by atoms with van der Waals surface area (Å²) in [5.74, 6) is 0. The van der Waals surface area contributed by atoms with Crippen molar-refractivity contribution in [2.24, 2.45) is 0 Å². The SMILES string of the molecule is CC[C@H](O)Cn1cc(C)c(=O)[nH]c1=O. The van der Waals surface area contributed by atoms with E-state index in [1.54, 1.807) is 6.92 Å². The Labute approximate surface area is 81.0 Å². The molecule has 0 aliphatic carbocycles. The van der Waals surface area contributed by atoms with Crippen molar-refractivity contribution in [2.75, 3.05) is 0 Å². The molecule has 0 aliphatic heterocycles. The Morgan fingerprint density at radius 1 is 1.57 bits per heavy atom. The maximum absolute atomic E-state index is 11.2. The van der Waals surface area contributed by atoms with Crippen LogP contribution in [0.3, 0.4) is 0 Å². The number of nitrogens with one attached hydrogen (secondary N) is 1. The van der Waals surface area contributed by atoms with Gasteiger partial charge in [-0.1, -0.05) is 6.92 Å². The molecule has 14 heavy (non-hydrogen) atoms. The van der Waals surface area contributed by atoms with E-state index >= 15 is 0 Å². The van der Waals surface area contributed by atoms with Gasteiger partial charge >= 0.3 is 5.69 Å². The molecule has 0 spiro atoms. The zero-order valence-corrected chi connectivity index (χ0v) is 8.28. The van der Waals surface area contributed by atoms with Crippen molar-refractivity contribution in [1.29, 1.82) is 0 Å². The predicted molar refractivity (Wildman–Crippen MR) is 52.4 cm³/mol. The molecule has 1 heterocycles. The molecular weight excluding hydrogens is 184 g/mol. The van der Waals surface area contributed by atoms with Crippen LogP contribution in [0.1, 0.15) is 18.9 Å². The van der Waals surface area contributed by atoms with Crippen LogP contribution in [-0.4, -0.2) is 20.8 Å². The Kier molecular flexibility index (Phi) is 3.24. The van der Waals surface area contributed by atoms with Crippen molar-refractivity contribution in [3.63, 3.8) is 0 Å². The number of aliphatic hydroxyl groups is 1. The van der Waals surface area contributed by atoms with Crippen LogP contribution in [0.5, 0.6) is 0 Å². The second kappa shape index (κ2) is 4.23. The van der Waals surface area contributed by atoms with E-state index in [1.807, 2.05) is 6.92 Å². The lowest BCUT2D eigenvalue weighted by atomic mass is 10.3. The lowest BCUT2D eigenvalue weighted by Crippen LogP contribution is -2.33. The van der Waals surface area contributed by atoms with E-state index in [0.717, 1.165) is 0 Å². The van der Waals surface area contributed by atoms with Gasteiger partial charge in [-0.15, -0.1) is 0 Å². The monoisotopic (exact) mass is 198 g/mol. The highest BCUT2D eigenvalue weighted by molar-refractivity contribution is 5.00. The van der Waals surface area contributed by atoms with Crippen molar-refractivity contribution in [3.05, 3.63) is 32.6 Å². The lowest BCUT2D eigenvalue weighted by Gasteiger charge is -2.09. The van der Waals surface area contributed by atoms with Crippen molar-refractivity contribution in [1.82, 2.24) is 9.55 Å². The topological polar surface area (TPSA) is 75.1 Å². The molecule has 1 aromatic rings. The molecule has 1 rings (SSSR count). The first kappa shape index (κ1) is 10.7. The van der Waals surface area contributed by atoms with E-state index in [4.69, 9.17) is 0 Å². The first-order valence-corrected chi connectivity index (χ1v) is 4.53. The lowest BCUT2D eigenvalue weighted by molar-refractivity contribution is 0.148. The Morgan fingerprint density at radius 3 is 2.79 bits per heavy atom. The van der Waals surface area contributed by atoms with E-state index < -0.39 is 11.8 Å². The molecule has 0 fully saturated rings.